The molecule has 3 heterocycles. The van der Waals surface area contributed by atoms with Gasteiger partial charge in [-0.15, -0.1) is 0 Å². The summed E-state index contributed by atoms with van der Waals surface area (Å²) in [5, 5.41) is 16.0. The number of fused-ring (bicyclic) bond motifs is 2. The van der Waals surface area contributed by atoms with Crippen molar-refractivity contribution in [1.82, 2.24) is 14.9 Å². The number of ether oxygens (including phenoxy) is 1. The number of hydrogen-bond acceptors (Lipinski definition) is 7. The predicted molar refractivity (Wildman–Crippen MR) is 150 cm³/mol. The van der Waals surface area contributed by atoms with Gasteiger partial charge in [-0.2, -0.15) is 0 Å². The highest BCUT2D eigenvalue weighted by Crippen LogP contribution is 2.38. The van der Waals surface area contributed by atoms with Crippen LogP contribution in [0.4, 0.5) is 17.1 Å². The van der Waals surface area contributed by atoms with E-state index in [9.17, 15) is 4.79 Å². The molecule has 9 nitrogen and oxygen atoms in total. The number of carbonyl (C=O) groups is 1. The molecular formula is C29H32N6O3. The number of carboxylic acid groups (broad SMARTS) is 1. The summed E-state index contributed by atoms with van der Waals surface area (Å²) in [5.74, 6) is 0.647. The van der Waals surface area contributed by atoms with Gasteiger partial charge in [0.25, 0.3) is 0 Å². The third-order valence-electron chi connectivity index (χ3n) is 7.22. The maximum absolute atomic E-state index is 10.7. The molecule has 0 amide bonds. The minimum atomic E-state index is -0.814. The number of hydrogen-bond donors (Lipinski definition) is 4. The quantitative estimate of drug-likeness (QED) is 0.251. The molecule has 9 heteroatoms. The van der Waals surface area contributed by atoms with Gasteiger partial charge < -0.3 is 35.3 Å². The van der Waals surface area contributed by atoms with E-state index in [4.69, 9.17) is 14.8 Å². The second kappa shape index (κ2) is 10.3. The summed E-state index contributed by atoms with van der Waals surface area (Å²) in [6.07, 6.45) is 0.544. The highest BCUT2D eigenvalue weighted by atomic mass is 16.5. The second-order valence-corrected chi connectivity index (χ2v) is 9.98. The molecule has 1 unspecified atom stereocenters. The number of anilines is 3. The van der Waals surface area contributed by atoms with Crippen molar-refractivity contribution in [2.45, 2.75) is 19.0 Å². The molecule has 0 aliphatic carbocycles. The zero-order valence-corrected chi connectivity index (χ0v) is 21.4. The van der Waals surface area contributed by atoms with E-state index in [2.05, 4.69) is 62.8 Å². The minimum Gasteiger partial charge on any atom is -0.494 e. The van der Waals surface area contributed by atoms with Crippen LogP contribution >= 0.6 is 0 Å². The average molecular weight is 513 g/mol. The summed E-state index contributed by atoms with van der Waals surface area (Å²) < 4.78 is 5.74. The Morgan fingerprint density at radius 3 is 2.71 bits per heavy atom. The van der Waals surface area contributed by atoms with Crippen LogP contribution in [-0.2, 0) is 4.79 Å². The number of aromatic amines is 1. The highest BCUT2D eigenvalue weighted by Gasteiger charge is 2.23. The van der Waals surface area contributed by atoms with Crippen LogP contribution in [0.5, 0.6) is 5.75 Å². The van der Waals surface area contributed by atoms with E-state index in [1.54, 1.807) is 0 Å². The molecule has 1 saturated heterocycles. The Morgan fingerprint density at radius 1 is 1.03 bits per heavy atom. The van der Waals surface area contributed by atoms with Gasteiger partial charge in [-0.1, -0.05) is 18.2 Å². The standard InChI is InChI=1S/C29H32N6O3/c1-34-11-13-35(14-12-34)21-8-10-24-26(18-21)33-29(31-24)20-7-9-23-25(17-20)32-28(30-23)19-4-2-5-22(16-19)38-15-3-6-27(36)37/h2,4-5,7-10,16-18,29,31,33H,3,6,11-15H2,1H3,(H,30,32)(H,36,37). The van der Waals surface area contributed by atoms with Crippen LogP contribution in [0.3, 0.4) is 0 Å². The van der Waals surface area contributed by atoms with Crippen molar-refractivity contribution in [2.24, 2.45) is 0 Å². The number of aliphatic carboxylic acids is 1. The van der Waals surface area contributed by atoms with Crippen molar-refractivity contribution < 1.29 is 14.6 Å². The summed E-state index contributed by atoms with van der Waals surface area (Å²) in [6, 6.07) is 20.6. The fourth-order valence-electron chi connectivity index (χ4n) is 5.04. The van der Waals surface area contributed by atoms with Gasteiger partial charge in [0.05, 0.1) is 29.0 Å². The van der Waals surface area contributed by atoms with E-state index < -0.39 is 5.97 Å². The topological polar surface area (TPSA) is 106 Å². The molecule has 4 N–H and O–H groups in total. The first kappa shape index (κ1) is 24.1. The molecule has 0 bridgehead atoms. The molecular weight excluding hydrogens is 480 g/mol. The molecule has 1 atom stereocenters. The van der Waals surface area contributed by atoms with Crippen LogP contribution in [0.2, 0.25) is 0 Å². The summed E-state index contributed by atoms with van der Waals surface area (Å²) in [7, 11) is 2.18. The van der Waals surface area contributed by atoms with Crippen molar-refractivity contribution in [3.05, 3.63) is 66.2 Å². The van der Waals surface area contributed by atoms with Gasteiger partial charge in [-0.05, 0) is 61.5 Å². The fourth-order valence-corrected chi connectivity index (χ4v) is 5.04. The maximum atomic E-state index is 10.7. The number of nitrogens with zero attached hydrogens (tertiary/aromatic N) is 3. The number of benzene rings is 3. The lowest BCUT2D eigenvalue weighted by molar-refractivity contribution is -0.137. The molecule has 38 heavy (non-hydrogen) atoms. The highest BCUT2D eigenvalue weighted by molar-refractivity contribution is 5.83. The van der Waals surface area contributed by atoms with Crippen molar-refractivity contribution in [2.75, 3.05) is 55.4 Å². The Hall–Kier alpha value is -4.24. The Bertz CT molecular complexity index is 1460. The van der Waals surface area contributed by atoms with Gasteiger partial charge in [0.2, 0.25) is 0 Å². The average Bonchev–Trinajstić information content (AvgIpc) is 3.55. The van der Waals surface area contributed by atoms with Gasteiger partial charge in [0.15, 0.2) is 0 Å². The second-order valence-electron chi connectivity index (χ2n) is 9.98. The lowest BCUT2D eigenvalue weighted by atomic mass is 10.1. The van der Waals surface area contributed by atoms with Crippen LogP contribution in [0.15, 0.2) is 60.7 Å². The Balaban J connectivity index is 1.15. The van der Waals surface area contributed by atoms with Crippen LogP contribution in [0.1, 0.15) is 24.6 Å². The minimum absolute atomic E-state index is 0.0218. The number of likely N-dealkylation sites (N-methyl/N-ethyl adjacent to an activating group) is 1. The Kier molecular flexibility index (Phi) is 6.51. The van der Waals surface area contributed by atoms with E-state index >= 15 is 0 Å². The van der Waals surface area contributed by atoms with E-state index in [-0.39, 0.29) is 12.6 Å². The van der Waals surface area contributed by atoms with Crippen molar-refractivity contribution in [3.8, 4) is 17.1 Å². The molecule has 1 fully saturated rings. The van der Waals surface area contributed by atoms with Crippen LogP contribution < -0.4 is 20.3 Å². The molecule has 196 valence electrons. The van der Waals surface area contributed by atoms with Crippen LogP contribution in [0.25, 0.3) is 22.4 Å². The predicted octanol–water partition coefficient (Wildman–Crippen LogP) is 4.76. The molecule has 0 radical (unpaired) electrons. The van der Waals surface area contributed by atoms with E-state index in [0.717, 1.165) is 65.5 Å². The van der Waals surface area contributed by atoms with Gasteiger partial charge in [0, 0.05) is 43.9 Å². The van der Waals surface area contributed by atoms with Gasteiger partial charge in [-0.25, -0.2) is 4.98 Å². The molecule has 0 saturated carbocycles. The first-order chi connectivity index (χ1) is 18.5. The number of carboxylic acids is 1. The molecule has 2 aliphatic rings. The van der Waals surface area contributed by atoms with Crippen LogP contribution in [0, 0.1) is 0 Å². The van der Waals surface area contributed by atoms with Gasteiger partial charge in [-0.3, -0.25) is 4.79 Å². The molecule has 6 rings (SSSR count). The van der Waals surface area contributed by atoms with Gasteiger partial charge >= 0.3 is 5.97 Å². The maximum Gasteiger partial charge on any atom is 0.303 e. The van der Waals surface area contributed by atoms with E-state index in [1.807, 2.05) is 30.3 Å². The summed E-state index contributed by atoms with van der Waals surface area (Å²) >= 11 is 0. The van der Waals surface area contributed by atoms with Crippen molar-refractivity contribution in [1.29, 1.82) is 0 Å². The van der Waals surface area contributed by atoms with E-state index in [1.165, 1.54) is 5.69 Å². The SMILES string of the molecule is CN1CCN(c2ccc3c(c2)NC(c2ccc4nc(-c5cccc(OCCCC(=O)O)c5)[nH]c4c2)N3)CC1. The Morgan fingerprint density at radius 2 is 1.87 bits per heavy atom. The lowest BCUT2D eigenvalue weighted by Gasteiger charge is -2.34. The lowest BCUT2D eigenvalue weighted by Crippen LogP contribution is -2.44. The fraction of sp³-hybridized carbons (Fsp3) is 0.310. The van der Waals surface area contributed by atoms with Gasteiger partial charge in [0.1, 0.15) is 17.7 Å². The summed E-state index contributed by atoms with van der Waals surface area (Å²) in [5.41, 5.74) is 7.39. The third-order valence-corrected chi connectivity index (χ3v) is 7.22. The number of aromatic nitrogens is 2. The molecule has 4 aromatic rings. The Labute approximate surface area is 221 Å². The number of H-pyrrole nitrogens is 1. The first-order valence-electron chi connectivity index (χ1n) is 13.1. The normalized spacial score (nSPS) is 17.2. The largest absolute Gasteiger partial charge is 0.494 e. The molecule has 0 spiro atoms. The number of rotatable bonds is 8. The number of piperazine rings is 1. The van der Waals surface area contributed by atoms with Crippen molar-refractivity contribution in [3.63, 3.8) is 0 Å². The molecule has 2 aliphatic heterocycles. The zero-order valence-electron chi connectivity index (χ0n) is 21.4. The summed E-state index contributed by atoms with van der Waals surface area (Å²) in [4.78, 5) is 23.8. The molecule has 1 aromatic heterocycles. The monoisotopic (exact) mass is 512 g/mol. The first-order valence-corrected chi connectivity index (χ1v) is 13.1. The smallest absolute Gasteiger partial charge is 0.303 e. The van der Waals surface area contributed by atoms with Crippen LogP contribution in [-0.4, -0.2) is 65.8 Å². The van der Waals surface area contributed by atoms with E-state index in [0.29, 0.717) is 18.8 Å². The number of imidazole rings is 1. The molecule has 3 aromatic carbocycles. The number of nitrogens with one attached hydrogen (secondary N) is 3. The zero-order chi connectivity index (χ0) is 26.1. The third kappa shape index (κ3) is 5.10. The summed E-state index contributed by atoms with van der Waals surface area (Å²) in [6.45, 7) is 4.62. The van der Waals surface area contributed by atoms with Crippen molar-refractivity contribution >= 4 is 34.1 Å².